The van der Waals surface area contributed by atoms with Gasteiger partial charge in [-0.2, -0.15) is 0 Å². The molecule has 114 valence electrons. The summed E-state index contributed by atoms with van der Waals surface area (Å²) in [4.78, 5) is 26.0. The molecule has 1 atom stereocenters. The van der Waals surface area contributed by atoms with Crippen molar-refractivity contribution in [3.8, 4) is 0 Å². The van der Waals surface area contributed by atoms with Gasteiger partial charge in [-0.25, -0.2) is 4.79 Å². The molecule has 5 nitrogen and oxygen atoms in total. The number of piperidine rings is 1. The van der Waals surface area contributed by atoms with E-state index in [1.165, 1.54) is 25.7 Å². The highest BCUT2D eigenvalue weighted by Crippen LogP contribution is 2.17. The Hall–Kier alpha value is -1.26. The van der Waals surface area contributed by atoms with E-state index in [9.17, 15) is 9.59 Å². The number of nitrogens with one attached hydrogen (secondary N) is 2. The Morgan fingerprint density at radius 2 is 1.60 bits per heavy atom. The number of hydrogen-bond acceptors (Lipinski definition) is 2. The third kappa shape index (κ3) is 4.39. The zero-order valence-electron chi connectivity index (χ0n) is 12.5. The molecule has 20 heavy (non-hydrogen) atoms. The maximum Gasteiger partial charge on any atom is 0.315 e. The molecule has 1 aliphatic carbocycles. The summed E-state index contributed by atoms with van der Waals surface area (Å²) in [7, 11) is 0. The summed E-state index contributed by atoms with van der Waals surface area (Å²) in [6, 6.07) is -0.354. The van der Waals surface area contributed by atoms with Crippen LogP contribution in [0.15, 0.2) is 0 Å². The predicted molar refractivity (Wildman–Crippen MR) is 78.4 cm³/mol. The second kappa shape index (κ2) is 7.50. The number of carbonyl (C=O) groups is 2. The van der Waals surface area contributed by atoms with Crippen molar-refractivity contribution in [1.82, 2.24) is 15.5 Å². The molecular weight excluding hydrogens is 254 g/mol. The number of nitrogens with zero attached hydrogens (tertiary/aromatic N) is 1. The summed E-state index contributed by atoms with van der Waals surface area (Å²) < 4.78 is 0. The van der Waals surface area contributed by atoms with Crippen LogP contribution >= 0.6 is 0 Å². The summed E-state index contributed by atoms with van der Waals surface area (Å²) in [5, 5.41) is 5.77. The van der Waals surface area contributed by atoms with E-state index in [4.69, 9.17) is 0 Å². The van der Waals surface area contributed by atoms with E-state index >= 15 is 0 Å². The molecule has 5 heteroatoms. The van der Waals surface area contributed by atoms with Crippen molar-refractivity contribution < 1.29 is 9.59 Å². The minimum Gasteiger partial charge on any atom is -0.341 e. The molecule has 0 radical (unpaired) electrons. The molecule has 1 aliphatic heterocycles. The zero-order chi connectivity index (χ0) is 14.4. The van der Waals surface area contributed by atoms with Gasteiger partial charge < -0.3 is 15.5 Å². The Morgan fingerprint density at radius 1 is 1.00 bits per heavy atom. The normalized spacial score (nSPS) is 22.1. The zero-order valence-corrected chi connectivity index (χ0v) is 12.5. The lowest BCUT2D eigenvalue weighted by atomic mass is 9.96. The average Bonchev–Trinajstić information content (AvgIpc) is 2.48. The van der Waals surface area contributed by atoms with Gasteiger partial charge in [0.25, 0.3) is 0 Å². The minimum atomic E-state index is -0.434. The lowest BCUT2D eigenvalue weighted by Crippen LogP contribution is -2.52. The van der Waals surface area contributed by atoms with E-state index < -0.39 is 6.04 Å². The molecule has 0 unspecified atom stereocenters. The van der Waals surface area contributed by atoms with Gasteiger partial charge in [-0.3, -0.25) is 4.79 Å². The fourth-order valence-corrected chi connectivity index (χ4v) is 3.12. The SMILES string of the molecule is C[C@H](NC(=O)NC1CCCCC1)C(=O)N1CCCCC1. The fraction of sp³-hybridized carbons (Fsp3) is 0.867. The summed E-state index contributed by atoms with van der Waals surface area (Å²) in [5.41, 5.74) is 0. The highest BCUT2D eigenvalue weighted by Gasteiger charge is 2.24. The molecule has 2 N–H and O–H groups in total. The van der Waals surface area contributed by atoms with Gasteiger partial charge in [0.15, 0.2) is 0 Å². The Balaban J connectivity index is 1.73. The van der Waals surface area contributed by atoms with Crippen molar-refractivity contribution in [2.24, 2.45) is 0 Å². The molecule has 0 bridgehead atoms. The summed E-state index contributed by atoms with van der Waals surface area (Å²) >= 11 is 0. The second-order valence-corrected chi connectivity index (χ2v) is 6.06. The lowest BCUT2D eigenvalue weighted by Gasteiger charge is -2.30. The second-order valence-electron chi connectivity index (χ2n) is 6.06. The number of carbonyl (C=O) groups excluding carboxylic acids is 2. The van der Waals surface area contributed by atoms with Gasteiger partial charge in [0, 0.05) is 19.1 Å². The largest absolute Gasteiger partial charge is 0.341 e. The molecule has 0 spiro atoms. The number of amides is 3. The van der Waals surface area contributed by atoms with Crippen molar-refractivity contribution in [2.45, 2.75) is 70.4 Å². The van der Waals surface area contributed by atoms with Crippen molar-refractivity contribution in [1.29, 1.82) is 0 Å². The van der Waals surface area contributed by atoms with E-state index in [2.05, 4.69) is 10.6 Å². The molecule has 3 amide bonds. The molecule has 1 saturated carbocycles. The van der Waals surface area contributed by atoms with Crippen LogP contribution in [-0.2, 0) is 4.79 Å². The van der Waals surface area contributed by atoms with E-state index in [1.807, 2.05) is 4.90 Å². The van der Waals surface area contributed by atoms with Crippen LogP contribution < -0.4 is 10.6 Å². The van der Waals surface area contributed by atoms with Gasteiger partial charge >= 0.3 is 6.03 Å². The summed E-state index contributed by atoms with van der Waals surface area (Å²) in [6.45, 7) is 3.43. The highest BCUT2D eigenvalue weighted by atomic mass is 16.2. The van der Waals surface area contributed by atoms with Crippen LogP contribution in [0.25, 0.3) is 0 Å². The van der Waals surface area contributed by atoms with Crippen molar-refractivity contribution in [2.75, 3.05) is 13.1 Å². The van der Waals surface area contributed by atoms with Crippen molar-refractivity contribution in [3.63, 3.8) is 0 Å². The van der Waals surface area contributed by atoms with E-state index in [1.54, 1.807) is 6.92 Å². The average molecular weight is 281 g/mol. The van der Waals surface area contributed by atoms with Crippen LogP contribution in [0, 0.1) is 0 Å². The first-order chi connectivity index (χ1) is 9.66. The molecular formula is C15H27N3O2. The van der Waals surface area contributed by atoms with Crippen LogP contribution in [0.4, 0.5) is 4.79 Å². The number of urea groups is 1. The number of likely N-dealkylation sites (tertiary alicyclic amines) is 1. The van der Waals surface area contributed by atoms with Crippen LogP contribution in [-0.4, -0.2) is 42.0 Å². The minimum absolute atomic E-state index is 0.0449. The van der Waals surface area contributed by atoms with Crippen molar-refractivity contribution in [3.05, 3.63) is 0 Å². The van der Waals surface area contributed by atoms with Gasteiger partial charge in [0.2, 0.25) is 5.91 Å². The Kier molecular flexibility index (Phi) is 5.68. The summed E-state index contributed by atoms with van der Waals surface area (Å²) in [5.74, 6) is 0.0449. The maximum atomic E-state index is 12.2. The first kappa shape index (κ1) is 15.1. The van der Waals surface area contributed by atoms with Gasteiger partial charge in [-0.05, 0) is 39.0 Å². The quantitative estimate of drug-likeness (QED) is 0.831. The maximum absolute atomic E-state index is 12.2. The molecule has 1 saturated heterocycles. The molecule has 0 aromatic rings. The molecule has 1 heterocycles. The van der Waals surface area contributed by atoms with Crippen LogP contribution in [0.2, 0.25) is 0 Å². The van der Waals surface area contributed by atoms with Gasteiger partial charge in [-0.1, -0.05) is 19.3 Å². The van der Waals surface area contributed by atoms with Crippen molar-refractivity contribution >= 4 is 11.9 Å². The first-order valence-corrected chi connectivity index (χ1v) is 8.02. The fourth-order valence-electron chi connectivity index (χ4n) is 3.12. The van der Waals surface area contributed by atoms with Crippen LogP contribution in [0.5, 0.6) is 0 Å². The van der Waals surface area contributed by atoms with E-state index in [0.29, 0.717) is 0 Å². The molecule has 2 fully saturated rings. The first-order valence-electron chi connectivity index (χ1n) is 8.02. The third-order valence-corrected chi connectivity index (χ3v) is 4.33. The van der Waals surface area contributed by atoms with Crippen LogP contribution in [0.1, 0.15) is 58.3 Å². The standard InChI is InChI=1S/C15H27N3O2/c1-12(14(19)18-10-6-3-7-11-18)16-15(20)17-13-8-4-2-5-9-13/h12-13H,2-11H2,1H3,(H2,16,17,20)/t12-/m0/s1. The summed E-state index contributed by atoms with van der Waals surface area (Å²) in [6.07, 6.45) is 9.11. The molecule has 2 rings (SSSR count). The predicted octanol–water partition coefficient (Wildman–Crippen LogP) is 2.02. The van der Waals surface area contributed by atoms with Crippen LogP contribution in [0.3, 0.4) is 0 Å². The Morgan fingerprint density at radius 3 is 2.25 bits per heavy atom. The Labute approximate surface area is 121 Å². The molecule has 0 aromatic carbocycles. The van der Waals surface area contributed by atoms with Gasteiger partial charge in [0.05, 0.1) is 0 Å². The lowest BCUT2D eigenvalue weighted by molar-refractivity contribution is -0.133. The number of rotatable bonds is 3. The number of hydrogen-bond donors (Lipinski definition) is 2. The molecule has 0 aromatic heterocycles. The third-order valence-electron chi connectivity index (χ3n) is 4.33. The van der Waals surface area contributed by atoms with E-state index in [0.717, 1.165) is 38.8 Å². The topological polar surface area (TPSA) is 61.4 Å². The van der Waals surface area contributed by atoms with Gasteiger partial charge in [0.1, 0.15) is 6.04 Å². The smallest absolute Gasteiger partial charge is 0.315 e. The van der Waals surface area contributed by atoms with Gasteiger partial charge in [-0.15, -0.1) is 0 Å². The monoisotopic (exact) mass is 281 g/mol. The Bertz CT molecular complexity index is 334. The van der Waals surface area contributed by atoms with E-state index in [-0.39, 0.29) is 18.0 Å². The highest BCUT2D eigenvalue weighted by molar-refractivity contribution is 5.86. The molecule has 2 aliphatic rings.